The van der Waals surface area contributed by atoms with Gasteiger partial charge in [0.1, 0.15) is 11.2 Å². The first-order valence-electron chi connectivity index (χ1n) is 17.4. The highest BCUT2D eigenvalue weighted by atomic mass is 16.3. The fraction of sp³-hybridized carbons (Fsp3) is 0. The molecule has 3 nitrogen and oxygen atoms in total. The number of fused-ring (bicyclic) bond motifs is 9. The van der Waals surface area contributed by atoms with Crippen LogP contribution in [0.4, 0.5) is 0 Å². The van der Waals surface area contributed by atoms with Crippen LogP contribution in [-0.2, 0) is 0 Å². The predicted octanol–water partition coefficient (Wildman–Crippen LogP) is 13.1. The minimum Gasteiger partial charge on any atom is -0.456 e. The van der Waals surface area contributed by atoms with Crippen molar-refractivity contribution in [3.63, 3.8) is 0 Å². The van der Waals surface area contributed by atoms with Gasteiger partial charge in [0.25, 0.3) is 0 Å². The number of rotatable bonds is 4. The normalized spacial score (nSPS) is 11.9. The number of aromatic nitrogens is 2. The third kappa shape index (κ3) is 4.19. The van der Waals surface area contributed by atoms with E-state index >= 15 is 0 Å². The zero-order valence-electron chi connectivity index (χ0n) is 27.6. The quantitative estimate of drug-likeness (QED) is 0.186. The zero-order valence-corrected chi connectivity index (χ0v) is 27.6. The van der Waals surface area contributed by atoms with Crippen LogP contribution in [0.25, 0.3) is 99.2 Å². The number of para-hydroxylation sites is 2. The van der Waals surface area contributed by atoms with Crippen LogP contribution in [0, 0.1) is 0 Å². The van der Waals surface area contributed by atoms with Gasteiger partial charge in [-0.15, -0.1) is 0 Å². The van der Waals surface area contributed by atoms with Crippen LogP contribution in [0.3, 0.4) is 0 Å². The van der Waals surface area contributed by atoms with Crippen molar-refractivity contribution < 1.29 is 4.42 Å². The van der Waals surface area contributed by atoms with Crippen LogP contribution in [0.5, 0.6) is 0 Å². The van der Waals surface area contributed by atoms with Crippen molar-refractivity contribution in [3.8, 4) is 33.6 Å². The van der Waals surface area contributed by atoms with Gasteiger partial charge in [-0.25, -0.2) is 0 Å². The van der Waals surface area contributed by atoms with Crippen LogP contribution in [0.15, 0.2) is 186 Å². The number of hydrogen-bond donors (Lipinski definition) is 0. The van der Waals surface area contributed by atoms with Crippen LogP contribution in [0.1, 0.15) is 0 Å². The first-order chi connectivity index (χ1) is 25.3. The molecule has 51 heavy (non-hydrogen) atoms. The monoisotopic (exact) mass is 650 g/mol. The number of hydrogen-bond acceptors (Lipinski definition) is 1. The van der Waals surface area contributed by atoms with E-state index in [0.717, 1.165) is 33.3 Å². The molecule has 0 aliphatic rings. The summed E-state index contributed by atoms with van der Waals surface area (Å²) in [6, 6.07) is 65.5. The maximum Gasteiger partial charge on any atom is 0.135 e. The molecule has 0 bridgehead atoms. The molecule has 0 radical (unpaired) electrons. The van der Waals surface area contributed by atoms with Gasteiger partial charge in [0, 0.05) is 43.7 Å². The first-order valence-corrected chi connectivity index (χ1v) is 17.4. The molecule has 0 unspecified atom stereocenters. The van der Waals surface area contributed by atoms with Crippen molar-refractivity contribution >= 4 is 65.6 Å². The average Bonchev–Trinajstić information content (AvgIpc) is 3.85. The summed E-state index contributed by atoms with van der Waals surface area (Å²) >= 11 is 0. The smallest absolute Gasteiger partial charge is 0.135 e. The molecule has 0 saturated heterocycles. The fourth-order valence-electron chi connectivity index (χ4n) is 8.25. The van der Waals surface area contributed by atoms with Gasteiger partial charge >= 0.3 is 0 Å². The Hall–Kier alpha value is -6.84. The minimum atomic E-state index is 0.880. The van der Waals surface area contributed by atoms with Gasteiger partial charge in [0.2, 0.25) is 0 Å². The summed E-state index contributed by atoms with van der Waals surface area (Å²) in [5, 5.41) is 7.19. The molecular formula is C48H30N2O. The summed E-state index contributed by atoms with van der Waals surface area (Å²) in [5.74, 6) is 0. The largest absolute Gasteiger partial charge is 0.456 e. The van der Waals surface area contributed by atoms with E-state index in [-0.39, 0.29) is 0 Å². The van der Waals surface area contributed by atoms with E-state index in [4.69, 9.17) is 4.42 Å². The molecule has 0 aliphatic heterocycles. The van der Waals surface area contributed by atoms with Gasteiger partial charge in [-0.2, -0.15) is 0 Å². The van der Waals surface area contributed by atoms with Gasteiger partial charge in [0.15, 0.2) is 0 Å². The molecular weight excluding hydrogens is 621 g/mol. The Kier molecular flexibility index (Phi) is 5.96. The lowest BCUT2D eigenvalue weighted by Crippen LogP contribution is -1.94. The van der Waals surface area contributed by atoms with E-state index < -0.39 is 0 Å². The summed E-state index contributed by atoms with van der Waals surface area (Å²) in [7, 11) is 0. The molecule has 0 aliphatic carbocycles. The maximum atomic E-state index is 6.47. The molecule has 0 saturated carbocycles. The van der Waals surface area contributed by atoms with E-state index in [1.807, 2.05) is 0 Å². The summed E-state index contributed by atoms with van der Waals surface area (Å²) in [6.07, 6.45) is 0. The van der Waals surface area contributed by atoms with E-state index in [1.165, 1.54) is 65.9 Å². The number of nitrogens with zero attached hydrogens (tertiary/aromatic N) is 2. The molecule has 0 fully saturated rings. The topological polar surface area (TPSA) is 23.0 Å². The molecule has 0 N–H and O–H groups in total. The highest BCUT2D eigenvalue weighted by Gasteiger charge is 2.19. The zero-order chi connectivity index (χ0) is 33.5. The van der Waals surface area contributed by atoms with Crippen molar-refractivity contribution in [2.45, 2.75) is 0 Å². The van der Waals surface area contributed by atoms with Crippen molar-refractivity contribution in [2.24, 2.45) is 0 Å². The molecule has 0 amide bonds. The fourth-order valence-corrected chi connectivity index (χ4v) is 8.25. The van der Waals surface area contributed by atoms with Gasteiger partial charge in [-0.05, 0) is 89.0 Å². The number of furan rings is 1. The molecule has 3 heteroatoms. The van der Waals surface area contributed by atoms with Gasteiger partial charge < -0.3 is 13.6 Å². The summed E-state index contributed by atoms with van der Waals surface area (Å²) in [5.41, 5.74) is 13.6. The van der Waals surface area contributed by atoms with Crippen molar-refractivity contribution in [1.82, 2.24) is 9.13 Å². The Balaban J connectivity index is 1.16. The Labute approximate surface area is 293 Å². The molecule has 3 heterocycles. The lowest BCUT2D eigenvalue weighted by molar-refractivity contribution is 0.669. The third-order valence-electron chi connectivity index (χ3n) is 10.5. The van der Waals surface area contributed by atoms with Crippen LogP contribution in [0.2, 0.25) is 0 Å². The second-order valence-corrected chi connectivity index (χ2v) is 13.3. The van der Waals surface area contributed by atoms with Gasteiger partial charge in [-0.1, -0.05) is 115 Å². The van der Waals surface area contributed by atoms with E-state index in [2.05, 4.69) is 191 Å². The Morgan fingerprint density at radius 3 is 1.49 bits per heavy atom. The number of benzene rings is 8. The van der Waals surface area contributed by atoms with Gasteiger partial charge in [-0.3, -0.25) is 0 Å². The molecule has 11 aromatic rings. The summed E-state index contributed by atoms with van der Waals surface area (Å²) in [4.78, 5) is 0. The molecule has 11 rings (SSSR count). The molecule has 238 valence electrons. The molecule has 8 aromatic carbocycles. The second kappa shape index (κ2) is 10.8. The lowest BCUT2D eigenvalue weighted by Gasteiger charge is -2.10. The molecule has 3 aromatic heterocycles. The lowest BCUT2D eigenvalue weighted by atomic mass is 9.97. The first kappa shape index (κ1) is 28.0. The maximum absolute atomic E-state index is 6.47. The van der Waals surface area contributed by atoms with Crippen molar-refractivity contribution in [1.29, 1.82) is 0 Å². The Morgan fingerprint density at radius 1 is 0.314 bits per heavy atom. The second-order valence-electron chi connectivity index (χ2n) is 13.3. The average molecular weight is 651 g/mol. The molecule has 0 spiro atoms. The highest BCUT2D eigenvalue weighted by molar-refractivity contribution is 6.17. The van der Waals surface area contributed by atoms with Crippen molar-refractivity contribution in [3.05, 3.63) is 182 Å². The standard InChI is InChI=1S/C48H30N2O/c1-3-12-31(13-4-1)33-22-25-44-41(28-33)48-36(32-14-5-2-6-15-32)18-11-21-45(48)50(44)35-24-27-47-40(30-35)39-29-34(23-26-46(39)51-47)49-42-19-9-7-16-37(42)38-17-8-10-20-43(38)49/h1-30H. The van der Waals surface area contributed by atoms with Gasteiger partial charge in [0.05, 0.1) is 22.1 Å². The minimum absolute atomic E-state index is 0.880. The van der Waals surface area contributed by atoms with Crippen LogP contribution >= 0.6 is 0 Å². The van der Waals surface area contributed by atoms with E-state index in [0.29, 0.717) is 0 Å². The third-order valence-corrected chi connectivity index (χ3v) is 10.5. The molecule has 0 atom stereocenters. The summed E-state index contributed by atoms with van der Waals surface area (Å²) in [6.45, 7) is 0. The SMILES string of the molecule is c1ccc(-c2ccc3c(c2)c2c(-c4ccccc4)cccc2n3-c2ccc3oc4ccc(-n5c6ccccc6c6ccccc65)cc4c3c2)cc1. The highest BCUT2D eigenvalue weighted by Crippen LogP contribution is 2.42. The van der Waals surface area contributed by atoms with Crippen LogP contribution < -0.4 is 0 Å². The van der Waals surface area contributed by atoms with E-state index in [1.54, 1.807) is 0 Å². The Bertz CT molecular complexity index is 3070. The predicted molar refractivity (Wildman–Crippen MR) is 213 cm³/mol. The van der Waals surface area contributed by atoms with Crippen molar-refractivity contribution in [2.75, 3.05) is 0 Å². The Morgan fingerprint density at radius 2 is 0.843 bits per heavy atom. The van der Waals surface area contributed by atoms with E-state index in [9.17, 15) is 0 Å². The van der Waals surface area contributed by atoms with Crippen LogP contribution in [-0.4, -0.2) is 9.13 Å². The summed E-state index contributed by atoms with van der Waals surface area (Å²) < 4.78 is 11.3.